The summed E-state index contributed by atoms with van der Waals surface area (Å²) in [5.41, 5.74) is 3.47. The highest BCUT2D eigenvalue weighted by Crippen LogP contribution is 2.47. The molecule has 4 aromatic carbocycles. The Morgan fingerprint density at radius 2 is 1.68 bits per heavy atom. The molecule has 0 saturated carbocycles. The minimum absolute atomic E-state index is 0.0620. The van der Waals surface area contributed by atoms with E-state index in [1.807, 2.05) is 78.9 Å². The van der Waals surface area contributed by atoms with Crippen LogP contribution in [0.5, 0.6) is 0 Å². The molecule has 2 aliphatic heterocycles. The highest BCUT2D eigenvalue weighted by atomic mass is 35.5. The molecule has 2 aliphatic rings. The van der Waals surface area contributed by atoms with Crippen LogP contribution in [0, 0.1) is 5.92 Å². The van der Waals surface area contributed by atoms with Gasteiger partial charge in [0.1, 0.15) is 0 Å². The number of rotatable bonds is 10. The predicted molar refractivity (Wildman–Crippen MR) is 182 cm³/mol. The normalized spacial score (nSPS) is 19.4. The summed E-state index contributed by atoms with van der Waals surface area (Å²) in [4.78, 5) is 44.0. The first kappa shape index (κ1) is 32.2. The molecule has 2 heterocycles. The molecule has 8 nitrogen and oxygen atoms in total. The lowest BCUT2D eigenvalue weighted by atomic mass is 9.83. The number of halogens is 1. The minimum Gasteiger partial charge on any atom is -0.394 e. The van der Waals surface area contributed by atoms with Crippen molar-refractivity contribution >= 4 is 46.9 Å². The number of aliphatic hydroxyl groups is 2. The van der Waals surface area contributed by atoms with Crippen LogP contribution in [0.2, 0.25) is 5.02 Å². The van der Waals surface area contributed by atoms with Gasteiger partial charge in [0.05, 0.1) is 24.9 Å². The summed E-state index contributed by atoms with van der Waals surface area (Å²) in [5, 5.41) is 22.4. The summed E-state index contributed by atoms with van der Waals surface area (Å²) in [5.74, 6) is -1.31. The van der Waals surface area contributed by atoms with E-state index in [0.717, 1.165) is 28.8 Å². The maximum absolute atomic E-state index is 14.0. The predicted octanol–water partition coefficient (Wildman–Crippen LogP) is 5.90. The number of nitrogens with zero attached hydrogens (tertiary/aromatic N) is 3. The average molecular weight is 650 g/mol. The highest BCUT2D eigenvalue weighted by molar-refractivity contribution is 6.31. The second kappa shape index (κ2) is 13.5. The monoisotopic (exact) mass is 649 g/mol. The van der Waals surface area contributed by atoms with E-state index in [2.05, 4.69) is 0 Å². The molecule has 0 fully saturated rings. The van der Waals surface area contributed by atoms with Gasteiger partial charge in [-0.2, -0.15) is 0 Å². The number of hydrogen-bond acceptors (Lipinski definition) is 5. The molecule has 0 saturated heterocycles. The first-order chi connectivity index (χ1) is 22.7. The van der Waals surface area contributed by atoms with Crippen LogP contribution in [0.3, 0.4) is 0 Å². The van der Waals surface area contributed by atoms with Crippen LogP contribution >= 0.6 is 11.6 Å². The number of benzene rings is 4. The van der Waals surface area contributed by atoms with Gasteiger partial charge in [0.2, 0.25) is 12.3 Å². The number of carbonyl (C=O) groups is 3. The Bertz CT molecular complexity index is 1810. The molecule has 3 atom stereocenters. The Morgan fingerprint density at radius 1 is 1.00 bits per heavy atom. The summed E-state index contributed by atoms with van der Waals surface area (Å²) in [6, 6.07) is 29.3. The first-order valence-electron chi connectivity index (χ1n) is 15.6. The Balaban J connectivity index is 1.18. The number of amides is 3. The fourth-order valence-corrected chi connectivity index (χ4v) is 6.72. The summed E-state index contributed by atoms with van der Waals surface area (Å²) >= 11 is 6.35. The van der Waals surface area contributed by atoms with Crippen molar-refractivity contribution in [3.63, 3.8) is 0 Å². The zero-order valence-corrected chi connectivity index (χ0v) is 26.8. The van der Waals surface area contributed by atoms with Gasteiger partial charge in [-0.25, -0.2) is 0 Å². The zero-order chi connectivity index (χ0) is 33.1. The largest absolute Gasteiger partial charge is 0.394 e. The molecule has 9 heteroatoms. The molecule has 0 aliphatic carbocycles. The Labute approximate surface area is 279 Å². The van der Waals surface area contributed by atoms with E-state index in [4.69, 9.17) is 11.6 Å². The molecule has 0 aromatic heterocycles. The number of aliphatic hydroxyl groups excluding tert-OH is 1. The third-order valence-electron chi connectivity index (χ3n) is 9.19. The van der Waals surface area contributed by atoms with Crippen molar-refractivity contribution in [3.05, 3.63) is 136 Å². The third-order valence-corrected chi connectivity index (χ3v) is 9.42. The van der Waals surface area contributed by atoms with E-state index in [9.17, 15) is 24.6 Å². The van der Waals surface area contributed by atoms with E-state index >= 15 is 0 Å². The van der Waals surface area contributed by atoms with E-state index in [1.165, 1.54) is 4.90 Å². The summed E-state index contributed by atoms with van der Waals surface area (Å²) in [6.07, 6.45) is 4.79. The molecular weight excluding hydrogens is 614 g/mol. The molecule has 3 amide bonds. The SMILES string of the molecule is C[C@@H](/C=C/CC(=O)N1Cc2ccccc2C[C@H]1CO)[C@]1(O)C(=O)N(Cc2ccc(N(C=O)c3ccccc3)cc2)c2ccc(Cl)cc21. The van der Waals surface area contributed by atoms with Crippen molar-refractivity contribution in [2.75, 3.05) is 16.4 Å². The second-order valence-corrected chi connectivity index (χ2v) is 12.5. The first-order valence-corrected chi connectivity index (χ1v) is 16.0. The van der Waals surface area contributed by atoms with Gasteiger partial charge in [-0.3, -0.25) is 19.3 Å². The van der Waals surface area contributed by atoms with Gasteiger partial charge in [-0.05, 0) is 65.6 Å². The Morgan fingerprint density at radius 3 is 2.38 bits per heavy atom. The van der Waals surface area contributed by atoms with E-state index < -0.39 is 17.4 Å². The molecule has 47 heavy (non-hydrogen) atoms. The zero-order valence-electron chi connectivity index (χ0n) is 26.0. The van der Waals surface area contributed by atoms with Gasteiger partial charge in [0.15, 0.2) is 5.60 Å². The van der Waals surface area contributed by atoms with E-state index in [1.54, 1.807) is 47.1 Å². The molecule has 4 aromatic rings. The van der Waals surface area contributed by atoms with Gasteiger partial charge in [0, 0.05) is 40.8 Å². The topological polar surface area (TPSA) is 101 Å². The molecule has 0 unspecified atom stereocenters. The highest BCUT2D eigenvalue weighted by Gasteiger charge is 2.52. The Kier molecular flexibility index (Phi) is 9.27. The fourth-order valence-electron chi connectivity index (χ4n) is 6.55. The maximum atomic E-state index is 14.0. The van der Waals surface area contributed by atoms with Crippen LogP contribution in [-0.2, 0) is 39.5 Å². The Hall–Kier alpha value is -4.76. The summed E-state index contributed by atoms with van der Waals surface area (Å²) < 4.78 is 0. The summed E-state index contributed by atoms with van der Waals surface area (Å²) in [6.45, 7) is 2.23. The van der Waals surface area contributed by atoms with Gasteiger partial charge in [0.25, 0.3) is 5.91 Å². The fraction of sp³-hybridized carbons (Fsp3) is 0.237. The van der Waals surface area contributed by atoms with Crippen molar-refractivity contribution in [1.29, 1.82) is 0 Å². The average Bonchev–Trinajstić information content (AvgIpc) is 3.30. The number of hydrogen-bond donors (Lipinski definition) is 2. The lowest BCUT2D eigenvalue weighted by Crippen LogP contribution is -2.46. The quantitative estimate of drug-likeness (QED) is 0.165. The number of fused-ring (bicyclic) bond motifs is 2. The van der Waals surface area contributed by atoms with Gasteiger partial charge < -0.3 is 20.0 Å². The van der Waals surface area contributed by atoms with Gasteiger partial charge in [-0.1, -0.05) is 85.3 Å². The van der Waals surface area contributed by atoms with Crippen LogP contribution < -0.4 is 9.80 Å². The standard InChI is InChI=1S/C38H36ClN3O5/c1-26(8-7-13-36(45)40-23-29-10-6-5-9-28(29)20-33(40)24-43)38(47)34-21-30(39)16-19-35(34)41(37(38)46)22-27-14-17-32(18-15-27)42(25-44)31-11-3-2-4-12-31/h2-12,14-19,21,25-26,33,43,47H,13,20,22-24H2,1H3/b8-7+/t26-,33-,38+/m0/s1. The van der Waals surface area contributed by atoms with E-state index in [0.29, 0.717) is 34.9 Å². The molecule has 0 bridgehead atoms. The van der Waals surface area contributed by atoms with Gasteiger partial charge >= 0.3 is 0 Å². The molecular formula is C38H36ClN3O5. The molecule has 240 valence electrons. The number of anilines is 3. The lowest BCUT2D eigenvalue weighted by Gasteiger charge is -2.36. The maximum Gasteiger partial charge on any atom is 0.264 e. The van der Waals surface area contributed by atoms with Crippen molar-refractivity contribution in [3.8, 4) is 0 Å². The van der Waals surface area contributed by atoms with Crippen molar-refractivity contribution in [2.24, 2.45) is 5.92 Å². The van der Waals surface area contributed by atoms with Crippen molar-refractivity contribution in [1.82, 2.24) is 4.90 Å². The second-order valence-electron chi connectivity index (χ2n) is 12.0. The number of carbonyl (C=O) groups excluding carboxylic acids is 3. The molecule has 0 radical (unpaired) electrons. The van der Waals surface area contributed by atoms with Crippen LogP contribution in [0.4, 0.5) is 17.1 Å². The smallest absolute Gasteiger partial charge is 0.264 e. The van der Waals surface area contributed by atoms with Gasteiger partial charge in [-0.15, -0.1) is 0 Å². The molecule has 2 N–H and O–H groups in total. The lowest BCUT2D eigenvalue weighted by molar-refractivity contribution is -0.139. The van der Waals surface area contributed by atoms with Crippen LogP contribution in [0.1, 0.15) is 35.6 Å². The van der Waals surface area contributed by atoms with Crippen LogP contribution in [-0.4, -0.2) is 46.0 Å². The van der Waals surface area contributed by atoms with Crippen molar-refractivity contribution in [2.45, 2.75) is 44.5 Å². The minimum atomic E-state index is -1.90. The molecule has 0 spiro atoms. The molecule has 6 rings (SSSR count). The third kappa shape index (κ3) is 6.20. The van der Waals surface area contributed by atoms with Crippen LogP contribution in [0.15, 0.2) is 109 Å². The van der Waals surface area contributed by atoms with E-state index in [-0.39, 0.29) is 31.5 Å². The van der Waals surface area contributed by atoms with Crippen LogP contribution in [0.25, 0.3) is 0 Å². The van der Waals surface area contributed by atoms with Crippen molar-refractivity contribution < 1.29 is 24.6 Å². The summed E-state index contributed by atoms with van der Waals surface area (Å²) in [7, 11) is 0. The number of para-hydroxylation sites is 1.